The third-order valence-corrected chi connectivity index (χ3v) is 5.90. The highest BCUT2D eigenvalue weighted by molar-refractivity contribution is 6.03. The van der Waals surface area contributed by atoms with E-state index in [0.717, 1.165) is 0 Å². The molecule has 2 aromatic carbocycles. The van der Waals surface area contributed by atoms with Crippen LogP contribution in [0.4, 0.5) is 5.82 Å². The van der Waals surface area contributed by atoms with Gasteiger partial charge in [-0.15, -0.1) is 0 Å². The normalized spacial score (nSPS) is 24.2. The first kappa shape index (κ1) is 23.9. The molecule has 3 aromatic rings. The number of esters is 1. The first-order valence-electron chi connectivity index (χ1n) is 11.5. The van der Waals surface area contributed by atoms with Crippen LogP contribution in [0, 0.1) is 0 Å². The van der Waals surface area contributed by atoms with Crippen LogP contribution in [0.25, 0.3) is 0 Å². The Kier molecular flexibility index (Phi) is 6.40. The molecule has 1 aromatic heterocycles. The topological polar surface area (TPSA) is 118 Å². The first-order valence-corrected chi connectivity index (χ1v) is 11.5. The molecule has 1 amide bonds. The van der Waals surface area contributed by atoms with Gasteiger partial charge in [-0.2, -0.15) is 4.98 Å². The molecule has 5 rings (SSSR count). The molecule has 36 heavy (non-hydrogen) atoms. The summed E-state index contributed by atoms with van der Waals surface area (Å²) in [5, 5.41) is 2.62. The number of carbonyl (C=O) groups is 2. The number of nitrogens with zero attached hydrogens (tertiary/aromatic N) is 2. The van der Waals surface area contributed by atoms with Gasteiger partial charge in [0, 0.05) is 11.8 Å². The summed E-state index contributed by atoms with van der Waals surface area (Å²) in [7, 11) is 0. The van der Waals surface area contributed by atoms with Crippen LogP contribution in [-0.2, 0) is 18.9 Å². The highest BCUT2D eigenvalue weighted by Crippen LogP contribution is 2.42. The van der Waals surface area contributed by atoms with Crippen molar-refractivity contribution < 1.29 is 28.5 Å². The van der Waals surface area contributed by atoms with Crippen LogP contribution in [0.15, 0.2) is 77.7 Å². The zero-order valence-electron chi connectivity index (χ0n) is 19.7. The fourth-order valence-electron chi connectivity index (χ4n) is 4.29. The fraction of sp³-hybridized carbons (Fsp3) is 0.308. The number of benzene rings is 2. The van der Waals surface area contributed by atoms with Crippen molar-refractivity contribution in [3.8, 4) is 0 Å². The van der Waals surface area contributed by atoms with Gasteiger partial charge in [-0.1, -0.05) is 36.4 Å². The van der Waals surface area contributed by atoms with Gasteiger partial charge in [0.15, 0.2) is 12.0 Å². The molecule has 10 nitrogen and oxygen atoms in total. The molecule has 2 fully saturated rings. The van der Waals surface area contributed by atoms with E-state index in [0.29, 0.717) is 11.1 Å². The van der Waals surface area contributed by atoms with Crippen LogP contribution in [0.5, 0.6) is 0 Å². The molecule has 3 heterocycles. The van der Waals surface area contributed by atoms with Crippen molar-refractivity contribution in [2.75, 3.05) is 11.9 Å². The van der Waals surface area contributed by atoms with Gasteiger partial charge in [-0.3, -0.25) is 9.36 Å². The summed E-state index contributed by atoms with van der Waals surface area (Å²) in [6.45, 7) is 3.44. The number of nitrogens with one attached hydrogen (secondary N) is 1. The second-order valence-corrected chi connectivity index (χ2v) is 8.92. The van der Waals surface area contributed by atoms with Crippen LogP contribution < -0.4 is 11.0 Å². The number of ether oxygens (including phenoxy) is 4. The second-order valence-electron chi connectivity index (χ2n) is 8.92. The maximum Gasteiger partial charge on any atom is 0.351 e. The van der Waals surface area contributed by atoms with Gasteiger partial charge >= 0.3 is 11.7 Å². The van der Waals surface area contributed by atoms with Crippen molar-refractivity contribution in [3.63, 3.8) is 0 Å². The van der Waals surface area contributed by atoms with Crippen molar-refractivity contribution in [2.45, 2.75) is 44.2 Å². The molecule has 186 valence electrons. The van der Waals surface area contributed by atoms with E-state index >= 15 is 0 Å². The highest BCUT2D eigenvalue weighted by atomic mass is 16.8. The fourth-order valence-corrected chi connectivity index (χ4v) is 4.29. The third kappa shape index (κ3) is 4.92. The molecular weight excluding hydrogens is 466 g/mol. The predicted octanol–water partition coefficient (Wildman–Crippen LogP) is 2.77. The minimum atomic E-state index is -0.917. The van der Waals surface area contributed by atoms with E-state index in [1.807, 2.05) is 6.07 Å². The number of anilines is 1. The number of amides is 1. The Morgan fingerprint density at radius 3 is 2.28 bits per heavy atom. The van der Waals surface area contributed by atoms with Gasteiger partial charge in [0.1, 0.15) is 30.7 Å². The Morgan fingerprint density at radius 2 is 1.61 bits per heavy atom. The number of aromatic nitrogens is 2. The molecule has 0 radical (unpaired) electrons. The predicted molar refractivity (Wildman–Crippen MR) is 127 cm³/mol. The standard InChI is InChI=1S/C26H25N3O7/c1-26(2)35-20-18(15-33-24(31)17-11-7-4-8-12-17)34-23(21(20)36-26)29-14-13-19(28-25(29)32)27-22(30)16-9-5-3-6-10-16/h3-14,18,20-21,23H,15H2,1-2H3,(H,27,28,30,32)/t18-,20+,21+,23-/m0/s1. The first-order chi connectivity index (χ1) is 17.3. The quantitative estimate of drug-likeness (QED) is 0.523. The summed E-state index contributed by atoms with van der Waals surface area (Å²) in [6, 6.07) is 18.7. The molecule has 2 aliphatic heterocycles. The SMILES string of the molecule is CC1(C)O[C@@H]2[C@H](O1)[C@H](COC(=O)c1ccccc1)O[C@@H]2n1ccc(NC(=O)c2ccccc2)nc1=O. The van der Waals surface area contributed by atoms with E-state index < -0.39 is 42.0 Å². The summed E-state index contributed by atoms with van der Waals surface area (Å²) >= 11 is 0. The van der Waals surface area contributed by atoms with Gasteiger partial charge in [0.2, 0.25) is 0 Å². The summed E-state index contributed by atoms with van der Waals surface area (Å²) in [5.41, 5.74) is 0.220. The Labute approximate surface area is 206 Å². The van der Waals surface area contributed by atoms with Crippen LogP contribution in [0.3, 0.4) is 0 Å². The van der Waals surface area contributed by atoms with E-state index in [9.17, 15) is 14.4 Å². The van der Waals surface area contributed by atoms with Crippen LogP contribution >= 0.6 is 0 Å². The zero-order valence-corrected chi connectivity index (χ0v) is 19.7. The molecule has 0 bridgehead atoms. The largest absolute Gasteiger partial charge is 0.459 e. The molecule has 0 aliphatic carbocycles. The Bertz CT molecular complexity index is 1310. The number of carbonyl (C=O) groups excluding carboxylic acids is 2. The van der Waals surface area contributed by atoms with Gasteiger partial charge in [-0.25, -0.2) is 9.59 Å². The van der Waals surface area contributed by atoms with Crippen molar-refractivity contribution in [3.05, 3.63) is 94.5 Å². The lowest BCUT2D eigenvalue weighted by Gasteiger charge is -2.24. The van der Waals surface area contributed by atoms with Crippen molar-refractivity contribution >= 4 is 17.7 Å². The molecular formula is C26H25N3O7. The van der Waals surface area contributed by atoms with Crippen molar-refractivity contribution in [1.29, 1.82) is 0 Å². The van der Waals surface area contributed by atoms with Crippen molar-refractivity contribution in [1.82, 2.24) is 9.55 Å². The van der Waals surface area contributed by atoms with Crippen molar-refractivity contribution in [2.24, 2.45) is 0 Å². The Hall–Kier alpha value is -3.86. The van der Waals surface area contributed by atoms with Crippen LogP contribution in [0.2, 0.25) is 0 Å². The second kappa shape index (κ2) is 9.65. The average molecular weight is 492 g/mol. The lowest BCUT2D eigenvalue weighted by atomic mass is 10.1. The number of fused-ring (bicyclic) bond motifs is 1. The van der Waals surface area contributed by atoms with E-state index in [1.54, 1.807) is 68.4 Å². The smallest absolute Gasteiger partial charge is 0.351 e. The van der Waals surface area contributed by atoms with E-state index in [2.05, 4.69) is 10.3 Å². The van der Waals surface area contributed by atoms with Gasteiger partial charge in [0.25, 0.3) is 5.91 Å². The van der Waals surface area contributed by atoms with E-state index in [1.165, 1.54) is 16.8 Å². The van der Waals surface area contributed by atoms with Crippen LogP contribution in [0.1, 0.15) is 40.8 Å². The zero-order chi connectivity index (χ0) is 25.3. The van der Waals surface area contributed by atoms with Crippen LogP contribution in [-0.4, -0.2) is 52.1 Å². The lowest BCUT2D eigenvalue weighted by Crippen LogP contribution is -2.35. The van der Waals surface area contributed by atoms with Gasteiger partial charge < -0.3 is 24.3 Å². The highest BCUT2D eigenvalue weighted by Gasteiger charge is 2.56. The Morgan fingerprint density at radius 1 is 0.972 bits per heavy atom. The summed E-state index contributed by atoms with van der Waals surface area (Å²) in [5.74, 6) is -1.68. The number of hydrogen-bond donors (Lipinski definition) is 1. The minimum absolute atomic E-state index is 0.0851. The summed E-state index contributed by atoms with van der Waals surface area (Å²) in [6.07, 6.45) is -1.26. The molecule has 4 atom stereocenters. The summed E-state index contributed by atoms with van der Waals surface area (Å²) in [4.78, 5) is 41.7. The minimum Gasteiger partial charge on any atom is -0.459 e. The number of rotatable bonds is 6. The van der Waals surface area contributed by atoms with E-state index in [-0.39, 0.29) is 18.3 Å². The molecule has 0 saturated carbocycles. The molecule has 2 saturated heterocycles. The molecule has 1 N–H and O–H groups in total. The molecule has 2 aliphatic rings. The molecule has 0 spiro atoms. The third-order valence-electron chi connectivity index (χ3n) is 5.90. The number of hydrogen-bond acceptors (Lipinski definition) is 8. The van der Waals surface area contributed by atoms with Gasteiger partial charge in [0.05, 0.1) is 5.56 Å². The molecule has 0 unspecified atom stereocenters. The maximum absolute atomic E-state index is 12.9. The Balaban J connectivity index is 1.32. The maximum atomic E-state index is 12.9. The summed E-state index contributed by atoms with van der Waals surface area (Å²) < 4.78 is 24.8. The average Bonchev–Trinajstić information content (AvgIpc) is 3.36. The van der Waals surface area contributed by atoms with Gasteiger partial charge in [-0.05, 0) is 44.2 Å². The molecule has 10 heteroatoms. The monoisotopic (exact) mass is 491 g/mol. The lowest BCUT2D eigenvalue weighted by molar-refractivity contribution is -0.200. The van der Waals surface area contributed by atoms with E-state index in [4.69, 9.17) is 18.9 Å².